The van der Waals surface area contributed by atoms with Gasteiger partial charge in [0.05, 0.1) is 25.8 Å². The predicted molar refractivity (Wildman–Crippen MR) is 68.9 cm³/mol. The Morgan fingerprint density at radius 2 is 2.11 bits per heavy atom. The number of ether oxygens (including phenoxy) is 1. The van der Waals surface area contributed by atoms with E-state index >= 15 is 0 Å². The number of carbonyl (C=O) groups is 1. The minimum Gasteiger partial charge on any atom is -0.378 e. The molecule has 1 fully saturated rings. The van der Waals surface area contributed by atoms with Gasteiger partial charge in [0.25, 0.3) is 0 Å². The minimum atomic E-state index is 0.150. The number of morpholine rings is 1. The second kappa shape index (κ2) is 8.06. The van der Waals surface area contributed by atoms with Crippen LogP contribution in [0.25, 0.3) is 0 Å². The van der Waals surface area contributed by atoms with E-state index in [1.165, 1.54) is 0 Å². The molecular formula is C13H23N3O2. The van der Waals surface area contributed by atoms with Crippen LogP contribution in [-0.2, 0) is 9.53 Å². The van der Waals surface area contributed by atoms with Gasteiger partial charge in [0.15, 0.2) is 0 Å². The molecular weight excluding hydrogens is 230 g/mol. The average molecular weight is 253 g/mol. The average Bonchev–Trinajstić information content (AvgIpc) is 2.36. The Kier molecular flexibility index (Phi) is 6.69. The first-order valence-corrected chi connectivity index (χ1v) is 6.58. The molecule has 1 heterocycles. The molecule has 1 saturated heterocycles. The van der Waals surface area contributed by atoms with Crippen molar-refractivity contribution in [2.24, 2.45) is 5.92 Å². The maximum Gasteiger partial charge on any atom is 0.236 e. The van der Waals surface area contributed by atoms with Gasteiger partial charge in [0, 0.05) is 32.6 Å². The maximum absolute atomic E-state index is 12.1. The third-order valence-corrected chi connectivity index (χ3v) is 2.89. The summed E-state index contributed by atoms with van der Waals surface area (Å²) in [5, 5.41) is 8.64. The van der Waals surface area contributed by atoms with Crippen molar-refractivity contribution in [3.8, 4) is 6.07 Å². The highest BCUT2D eigenvalue weighted by Gasteiger charge is 2.19. The molecule has 5 nitrogen and oxygen atoms in total. The highest BCUT2D eigenvalue weighted by atomic mass is 16.5. The second-order valence-electron chi connectivity index (χ2n) is 5.03. The van der Waals surface area contributed by atoms with Crippen LogP contribution < -0.4 is 0 Å². The smallest absolute Gasteiger partial charge is 0.236 e. The summed E-state index contributed by atoms with van der Waals surface area (Å²) in [6, 6.07) is 2.14. The fourth-order valence-electron chi connectivity index (χ4n) is 2.06. The van der Waals surface area contributed by atoms with Crippen molar-refractivity contribution in [3.05, 3.63) is 0 Å². The minimum absolute atomic E-state index is 0.150. The van der Waals surface area contributed by atoms with E-state index in [1.54, 1.807) is 0 Å². The molecule has 1 aliphatic heterocycles. The van der Waals surface area contributed by atoms with E-state index in [-0.39, 0.29) is 5.91 Å². The van der Waals surface area contributed by atoms with E-state index in [0.717, 1.165) is 6.54 Å². The van der Waals surface area contributed by atoms with Gasteiger partial charge in [-0.2, -0.15) is 5.26 Å². The van der Waals surface area contributed by atoms with Crippen LogP contribution in [0, 0.1) is 17.2 Å². The lowest BCUT2D eigenvalue weighted by Gasteiger charge is -2.30. The molecule has 1 aliphatic rings. The van der Waals surface area contributed by atoms with Crippen molar-refractivity contribution in [1.82, 2.24) is 9.80 Å². The highest BCUT2D eigenvalue weighted by Crippen LogP contribution is 2.03. The summed E-state index contributed by atoms with van der Waals surface area (Å²) in [6.07, 6.45) is 0.475. The maximum atomic E-state index is 12.1. The summed E-state index contributed by atoms with van der Waals surface area (Å²) < 4.78 is 5.23. The van der Waals surface area contributed by atoms with Crippen LogP contribution in [-0.4, -0.2) is 61.6 Å². The van der Waals surface area contributed by atoms with Gasteiger partial charge in [-0.3, -0.25) is 9.69 Å². The van der Waals surface area contributed by atoms with Gasteiger partial charge in [-0.15, -0.1) is 0 Å². The van der Waals surface area contributed by atoms with Gasteiger partial charge < -0.3 is 9.64 Å². The van der Waals surface area contributed by atoms with Crippen molar-refractivity contribution in [1.29, 1.82) is 5.26 Å². The first-order valence-electron chi connectivity index (χ1n) is 6.58. The van der Waals surface area contributed by atoms with Gasteiger partial charge in [-0.25, -0.2) is 0 Å². The highest BCUT2D eigenvalue weighted by molar-refractivity contribution is 5.78. The topological polar surface area (TPSA) is 56.6 Å². The molecule has 18 heavy (non-hydrogen) atoms. The van der Waals surface area contributed by atoms with Crippen molar-refractivity contribution < 1.29 is 9.53 Å². The fraction of sp³-hybridized carbons (Fsp3) is 0.846. The summed E-state index contributed by atoms with van der Waals surface area (Å²) in [5.74, 6) is 0.651. The van der Waals surface area contributed by atoms with Crippen LogP contribution in [0.15, 0.2) is 0 Å². The Morgan fingerprint density at radius 3 is 2.67 bits per heavy atom. The van der Waals surface area contributed by atoms with Crippen molar-refractivity contribution in [2.75, 3.05) is 45.9 Å². The van der Waals surface area contributed by atoms with Crippen molar-refractivity contribution in [2.45, 2.75) is 20.3 Å². The van der Waals surface area contributed by atoms with Gasteiger partial charge in [0.2, 0.25) is 5.91 Å². The number of hydrogen-bond acceptors (Lipinski definition) is 4. The van der Waals surface area contributed by atoms with Crippen molar-refractivity contribution in [3.63, 3.8) is 0 Å². The summed E-state index contributed by atoms with van der Waals surface area (Å²) in [5.41, 5.74) is 0. The Morgan fingerprint density at radius 1 is 1.44 bits per heavy atom. The molecule has 0 aliphatic carbocycles. The number of nitrogens with zero attached hydrogens (tertiary/aromatic N) is 3. The molecule has 0 atom stereocenters. The summed E-state index contributed by atoms with van der Waals surface area (Å²) in [4.78, 5) is 16.0. The number of carbonyl (C=O) groups excluding carboxylic acids is 1. The first-order chi connectivity index (χ1) is 8.63. The van der Waals surface area contributed by atoms with Crippen LogP contribution in [0.3, 0.4) is 0 Å². The second-order valence-corrected chi connectivity index (χ2v) is 5.03. The lowest BCUT2D eigenvalue weighted by Crippen LogP contribution is -2.46. The molecule has 0 aromatic heterocycles. The predicted octanol–water partition coefficient (Wildman–Crippen LogP) is 0.717. The van der Waals surface area contributed by atoms with E-state index in [9.17, 15) is 4.79 Å². The van der Waals surface area contributed by atoms with Gasteiger partial charge >= 0.3 is 0 Å². The van der Waals surface area contributed by atoms with E-state index in [4.69, 9.17) is 10.00 Å². The summed E-state index contributed by atoms with van der Waals surface area (Å²) in [6.45, 7) is 8.83. The zero-order valence-corrected chi connectivity index (χ0v) is 11.4. The molecule has 0 aromatic carbocycles. The lowest BCUT2D eigenvalue weighted by atomic mass is 10.2. The molecule has 0 radical (unpaired) electrons. The molecule has 1 rings (SSSR count). The zero-order chi connectivity index (χ0) is 13.4. The Hall–Kier alpha value is -1.12. The fourth-order valence-corrected chi connectivity index (χ4v) is 2.06. The van der Waals surface area contributed by atoms with E-state index in [0.29, 0.717) is 51.7 Å². The van der Waals surface area contributed by atoms with Crippen LogP contribution >= 0.6 is 0 Å². The van der Waals surface area contributed by atoms with Gasteiger partial charge in [0.1, 0.15) is 0 Å². The SMILES string of the molecule is CC(C)CN(CCC#N)CC(=O)N1CCOCC1. The largest absolute Gasteiger partial charge is 0.378 e. The zero-order valence-electron chi connectivity index (χ0n) is 11.4. The number of nitriles is 1. The molecule has 0 saturated carbocycles. The molecule has 102 valence electrons. The molecule has 0 unspecified atom stereocenters. The van der Waals surface area contributed by atoms with E-state index in [1.807, 2.05) is 4.90 Å². The Balaban J connectivity index is 2.42. The van der Waals surface area contributed by atoms with E-state index in [2.05, 4.69) is 24.8 Å². The van der Waals surface area contributed by atoms with Gasteiger partial charge in [-0.1, -0.05) is 13.8 Å². The Labute approximate surface area is 109 Å². The van der Waals surface area contributed by atoms with Crippen LogP contribution in [0.1, 0.15) is 20.3 Å². The first kappa shape index (κ1) is 14.9. The number of hydrogen-bond donors (Lipinski definition) is 0. The number of rotatable bonds is 6. The van der Waals surface area contributed by atoms with Gasteiger partial charge in [-0.05, 0) is 5.92 Å². The molecule has 0 aromatic rings. The normalized spacial score (nSPS) is 16.1. The quantitative estimate of drug-likeness (QED) is 0.700. The van der Waals surface area contributed by atoms with E-state index < -0.39 is 0 Å². The van der Waals surface area contributed by atoms with Crippen molar-refractivity contribution >= 4 is 5.91 Å². The third kappa shape index (κ3) is 5.48. The lowest BCUT2D eigenvalue weighted by molar-refractivity contribution is -0.136. The monoisotopic (exact) mass is 253 g/mol. The molecule has 0 N–H and O–H groups in total. The Bertz CT molecular complexity index is 293. The standard InChI is InChI=1S/C13H23N3O2/c1-12(2)10-15(5-3-4-14)11-13(17)16-6-8-18-9-7-16/h12H,3,5-11H2,1-2H3. The molecule has 0 bridgehead atoms. The third-order valence-electron chi connectivity index (χ3n) is 2.89. The number of amides is 1. The van der Waals surface area contributed by atoms with Crippen LogP contribution in [0.2, 0.25) is 0 Å². The molecule has 5 heteroatoms. The summed E-state index contributed by atoms with van der Waals surface area (Å²) >= 11 is 0. The summed E-state index contributed by atoms with van der Waals surface area (Å²) in [7, 11) is 0. The molecule has 0 spiro atoms. The molecule has 1 amide bonds. The van der Waals surface area contributed by atoms with Crippen LogP contribution in [0.4, 0.5) is 0 Å². The van der Waals surface area contributed by atoms with Crippen LogP contribution in [0.5, 0.6) is 0 Å².